The SMILES string of the molecule is C=C(NC(=O)c1cnn2ccn(C)c12)c1ccc(OC2CCN(c3ccc(OCC4CC4)cc3)C2)cc1. The predicted molar refractivity (Wildman–Crippen MR) is 143 cm³/mol. The molecule has 1 saturated heterocycles. The van der Waals surface area contributed by atoms with Crippen molar-refractivity contribution in [1.29, 1.82) is 0 Å². The Morgan fingerprint density at radius 3 is 2.57 bits per heavy atom. The van der Waals surface area contributed by atoms with Gasteiger partial charge in [0, 0.05) is 43.8 Å². The minimum absolute atomic E-state index is 0.120. The highest BCUT2D eigenvalue weighted by atomic mass is 16.5. The molecule has 1 aliphatic heterocycles. The van der Waals surface area contributed by atoms with Gasteiger partial charge in [0.05, 0.1) is 19.3 Å². The van der Waals surface area contributed by atoms with E-state index in [-0.39, 0.29) is 12.0 Å². The van der Waals surface area contributed by atoms with Crippen molar-refractivity contribution in [2.24, 2.45) is 13.0 Å². The van der Waals surface area contributed by atoms with E-state index >= 15 is 0 Å². The van der Waals surface area contributed by atoms with Gasteiger partial charge in [0.15, 0.2) is 0 Å². The van der Waals surface area contributed by atoms with Gasteiger partial charge in [-0.2, -0.15) is 5.10 Å². The lowest BCUT2D eigenvalue weighted by Gasteiger charge is -2.19. The zero-order chi connectivity index (χ0) is 25.4. The van der Waals surface area contributed by atoms with Gasteiger partial charge in [-0.15, -0.1) is 0 Å². The summed E-state index contributed by atoms with van der Waals surface area (Å²) >= 11 is 0. The quantitative estimate of drug-likeness (QED) is 0.368. The van der Waals surface area contributed by atoms with Crippen LogP contribution in [0.1, 0.15) is 35.2 Å². The number of ether oxygens (including phenoxy) is 2. The van der Waals surface area contributed by atoms with Gasteiger partial charge in [-0.3, -0.25) is 4.79 Å². The Balaban J connectivity index is 1.01. The average molecular weight is 498 g/mol. The second kappa shape index (κ2) is 9.69. The molecule has 1 amide bonds. The molecule has 2 aromatic carbocycles. The lowest BCUT2D eigenvalue weighted by atomic mass is 10.1. The minimum atomic E-state index is -0.240. The third-order valence-corrected chi connectivity index (χ3v) is 7.08. The van der Waals surface area contributed by atoms with Gasteiger partial charge in [0.25, 0.3) is 5.91 Å². The van der Waals surface area contributed by atoms with E-state index in [1.165, 1.54) is 18.5 Å². The van der Waals surface area contributed by atoms with Crippen LogP contribution in [0.4, 0.5) is 5.69 Å². The number of fused-ring (bicyclic) bond motifs is 1. The molecule has 0 radical (unpaired) electrons. The Morgan fingerprint density at radius 2 is 1.81 bits per heavy atom. The Kier molecular flexibility index (Phi) is 6.08. The maximum absolute atomic E-state index is 12.8. The first-order valence-electron chi connectivity index (χ1n) is 12.8. The molecule has 1 N–H and O–H groups in total. The summed E-state index contributed by atoms with van der Waals surface area (Å²) in [6.07, 6.45) is 8.91. The molecule has 2 aromatic heterocycles. The third-order valence-electron chi connectivity index (χ3n) is 7.08. The number of amides is 1. The molecule has 6 rings (SSSR count). The summed E-state index contributed by atoms with van der Waals surface area (Å²) in [6, 6.07) is 16.1. The van der Waals surface area contributed by atoms with Gasteiger partial charge < -0.3 is 24.3 Å². The molecule has 37 heavy (non-hydrogen) atoms. The number of hydrogen-bond acceptors (Lipinski definition) is 5. The van der Waals surface area contributed by atoms with E-state index in [0.29, 0.717) is 11.3 Å². The normalized spacial score (nSPS) is 17.2. The maximum Gasteiger partial charge on any atom is 0.261 e. The predicted octanol–water partition coefficient (Wildman–Crippen LogP) is 4.52. The Morgan fingerprint density at radius 1 is 1.05 bits per heavy atom. The average Bonchev–Trinajstić information content (AvgIpc) is 3.28. The summed E-state index contributed by atoms with van der Waals surface area (Å²) in [5.74, 6) is 2.26. The summed E-state index contributed by atoms with van der Waals surface area (Å²) in [5, 5.41) is 7.11. The summed E-state index contributed by atoms with van der Waals surface area (Å²) < 4.78 is 15.6. The van der Waals surface area contributed by atoms with Crippen molar-refractivity contribution in [1.82, 2.24) is 19.5 Å². The molecular formula is C29H31N5O3. The first kappa shape index (κ1) is 23.2. The molecule has 8 heteroatoms. The molecule has 0 spiro atoms. The van der Waals surface area contributed by atoms with Crippen molar-refractivity contribution in [2.45, 2.75) is 25.4 Å². The smallest absolute Gasteiger partial charge is 0.261 e. The summed E-state index contributed by atoms with van der Waals surface area (Å²) in [4.78, 5) is 15.2. The molecule has 1 atom stereocenters. The Bertz CT molecular complexity index is 1420. The third kappa shape index (κ3) is 5.05. The van der Waals surface area contributed by atoms with Gasteiger partial charge in [-0.05, 0) is 72.9 Å². The number of rotatable bonds is 9. The van der Waals surface area contributed by atoms with Crippen LogP contribution in [0.15, 0.2) is 73.7 Å². The summed E-state index contributed by atoms with van der Waals surface area (Å²) in [5.41, 5.74) is 3.78. The molecule has 4 aromatic rings. The van der Waals surface area contributed by atoms with Crippen LogP contribution in [0.25, 0.3) is 11.3 Å². The van der Waals surface area contributed by atoms with Crippen LogP contribution in [0, 0.1) is 5.92 Å². The summed E-state index contributed by atoms with van der Waals surface area (Å²) in [6.45, 7) is 6.68. The fraction of sp³-hybridized carbons (Fsp3) is 0.310. The number of nitrogens with one attached hydrogen (secondary N) is 1. The summed E-state index contributed by atoms with van der Waals surface area (Å²) in [7, 11) is 1.88. The molecule has 1 aliphatic carbocycles. The highest BCUT2D eigenvalue weighted by Crippen LogP contribution is 2.30. The van der Waals surface area contributed by atoms with Crippen LogP contribution in [0.2, 0.25) is 0 Å². The highest BCUT2D eigenvalue weighted by molar-refractivity contribution is 6.03. The van der Waals surface area contributed by atoms with E-state index in [0.717, 1.165) is 54.7 Å². The molecule has 190 valence electrons. The van der Waals surface area contributed by atoms with Gasteiger partial charge in [-0.25, -0.2) is 4.52 Å². The van der Waals surface area contributed by atoms with E-state index < -0.39 is 0 Å². The Labute approximate surface area is 216 Å². The number of anilines is 1. The first-order valence-corrected chi connectivity index (χ1v) is 12.8. The van der Waals surface area contributed by atoms with Crippen LogP contribution in [0.3, 0.4) is 0 Å². The van der Waals surface area contributed by atoms with Crippen LogP contribution < -0.4 is 19.7 Å². The molecule has 2 fully saturated rings. The Hall–Kier alpha value is -4.20. The second-order valence-corrected chi connectivity index (χ2v) is 9.92. The molecule has 0 bridgehead atoms. The van der Waals surface area contributed by atoms with Gasteiger partial charge in [0.1, 0.15) is 28.8 Å². The van der Waals surface area contributed by atoms with Crippen molar-refractivity contribution in [3.63, 3.8) is 0 Å². The number of benzene rings is 2. The number of carbonyl (C=O) groups is 1. The van der Waals surface area contributed by atoms with Crippen molar-refractivity contribution in [3.8, 4) is 11.5 Å². The van der Waals surface area contributed by atoms with E-state index in [2.05, 4.69) is 46.2 Å². The maximum atomic E-state index is 12.8. The number of aromatic nitrogens is 3. The second-order valence-electron chi connectivity index (χ2n) is 9.92. The van der Waals surface area contributed by atoms with E-state index in [9.17, 15) is 4.79 Å². The number of nitrogens with zero attached hydrogens (tertiary/aromatic N) is 4. The van der Waals surface area contributed by atoms with Crippen LogP contribution in [-0.4, -0.2) is 45.9 Å². The highest BCUT2D eigenvalue weighted by Gasteiger charge is 2.25. The monoisotopic (exact) mass is 497 g/mol. The van der Waals surface area contributed by atoms with Gasteiger partial charge in [0.2, 0.25) is 0 Å². The number of aryl methyl sites for hydroxylation is 1. The topological polar surface area (TPSA) is 73.0 Å². The van der Waals surface area contributed by atoms with Crippen molar-refractivity contribution in [3.05, 3.63) is 84.8 Å². The van der Waals surface area contributed by atoms with Gasteiger partial charge >= 0.3 is 0 Å². The van der Waals surface area contributed by atoms with Crippen molar-refractivity contribution in [2.75, 3.05) is 24.6 Å². The zero-order valence-electron chi connectivity index (χ0n) is 21.0. The molecule has 1 saturated carbocycles. The van der Waals surface area contributed by atoms with Gasteiger partial charge in [-0.1, -0.05) is 6.58 Å². The van der Waals surface area contributed by atoms with E-state index in [1.807, 2.05) is 48.3 Å². The number of hydrogen-bond donors (Lipinski definition) is 1. The minimum Gasteiger partial charge on any atom is -0.493 e. The zero-order valence-corrected chi connectivity index (χ0v) is 21.0. The van der Waals surface area contributed by atoms with Crippen molar-refractivity contribution >= 4 is 22.9 Å². The molecule has 3 heterocycles. The number of imidazole rings is 1. The lowest BCUT2D eigenvalue weighted by molar-refractivity contribution is 0.0975. The van der Waals surface area contributed by atoms with E-state index in [4.69, 9.17) is 9.47 Å². The molecule has 1 unspecified atom stereocenters. The van der Waals surface area contributed by atoms with Crippen LogP contribution >= 0.6 is 0 Å². The largest absolute Gasteiger partial charge is 0.493 e. The first-order chi connectivity index (χ1) is 18.0. The fourth-order valence-electron chi connectivity index (χ4n) is 4.72. The number of carbonyl (C=O) groups excluding carboxylic acids is 1. The lowest BCUT2D eigenvalue weighted by Crippen LogP contribution is -2.24. The van der Waals surface area contributed by atoms with Crippen LogP contribution in [-0.2, 0) is 7.05 Å². The standard InChI is InChI=1S/C29H31N5O3/c1-20(31-28(35)27-17-30-34-16-15-32(2)29(27)34)22-5-9-25(10-6-22)37-26-13-14-33(18-26)23-7-11-24(12-8-23)36-19-21-3-4-21/h5-12,15-17,21,26H,1,3-4,13-14,18-19H2,2H3,(H,31,35). The van der Waals surface area contributed by atoms with E-state index in [1.54, 1.807) is 10.7 Å². The van der Waals surface area contributed by atoms with Crippen LogP contribution in [0.5, 0.6) is 11.5 Å². The van der Waals surface area contributed by atoms with Crippen molar-refractivity contribution < 1.29 is 14.3 Å². The molecule has 2 aliphatic rings. The molecular weight excluding hydrogens is 466 g/mol. The fourth-order valence-corrected chi connectivity index (χ4v) is 4.72. The molecule has 8 nitrogen and oxygen atoms in total.